The molecule has 1 unspecified atom stereocenters. The maximum Gasteiger partial charge on any atom is 0.330 e. The molecule has 1 atom stereocenters. The first kappa shape index (κ1) is 13.2. The van der Waals surface area contributed by atoms with Crippen molar-refractivity contribution in [1.29, 1.82) is 0 Å². The van der Waals surface area contributed by atoms with Crippen LogP contribution in [-0.4, -0.2) is 17.7 Å². The molecule has 0 fully saturated rings. The number of ether oxygens (including phenoxy) is 1. The average molecular weight is 332 g/mol. The SMILES string of the molecule is CCOC(=O)/C=C/C(O)c1ccc(I)cc1. The van der Waals surface area contributed by atoms with E-state index in [0.717, 1.165) is 9.13 Å². The van der Waals surface area contributed by atoms with Crippen molar-refractivity contribution in [1.82, 2.24) is 0 Å². The largest absolute Gasteiger partial charge is 0.463 e. The van der Waals surface area contributed by atoms with E-state index in [1.165, 1.54) is 12.2 Å². The lowest BCUT2D eigenvalue weighted by Gasteiger charge is -2.05. The van der Waals surface area contributed by atoms with E-state index in [-0.39, 0.29) is 0 Å². The molecule has 1 aromatic carbocycles. The summed E-state index contributed by atoms with van der Waals surface area (Å²) in [4.78, 5) is 11.0. The van der Waals surface area contributed by atoms with Gasteiger partial charge in [0.2, 0.25) is 0 Å². The van der Waals surface area contributed by atoms with Crippen LogP contribution in [0.15, 0.2) is 36.4 Å². The van der Waals surface area contributed by atoms with Crippen LogP contribution in [0.3, 0.4) is 0 Å². The Bertz CT molecular complexity index is 370. The molecule has 0 aliphatic heterocycles. The second-order valence-electron chi connectivity index (χ2n) is 3.11. The van der Waals surface area contributed by atoms with E-state index >= 15 is 0 Å². The van der Waals surface area contributed by atoms with Crippen LogP contribution in [0.25, 0.3) is 0 Å². The number of rotatable bonds is 4. The smallest absolute Gasteiger partial charge is 0.330 e. The summed E-state index contributed by atoms with van der Waals surface area (Å²) in [6.45, 7) is 2.07. The highest BCUT2D eigenvalue weighted by Crippen LogP contribution is 2.15. The Hall–Kier alpha value is -0.880. The first-order valence-electron chi connectivity index (χ1n) is 4.92. The summed E-state index contributed by atoms with van der Waals surface area (Å²) in [5.41, 5.74) is 0.751. The minimum absolute atomic E-state index is 0.336. The van der Waals surface area contributed by atoms with Gasteiger partial charge in [0.05, 0.1) is 12.7 Å². The molecular weight excluding hydrogens is 319 g/mol. The van der Waals surface area contributed by atoms with E-state index in [1.807, 2.05) is 24.3 Å². The third kappa shape index (κ3) is 4.32. The minimum Gasteiger partial charge on any atom is -0.463 e. The van der Waals surface area contributed by atoms with E-state index in [9.17, 15) is 9.90 Å². The molecule has 86 valence electrons. The highest BCUT2D eigenvalue weighted by Gasteiger charge is 2.03. The summed E-state index contributed by atoms with van der Waals surface area (Å²) in [6, 6.07) is 7.44. The lowest BCUT2D eigenvalue weighted by atomic mass is 10.1. The quantitative estimate of drug-likeness (QED) is 0.523. The normalized spacial score (nSPS) is 12.7. The standard InChI is InChI=1S/C12H13IO3/c1-2-16-12(15)8-7-11(14)9-3-5-10(13)6-4-9/h3-8,11,14H,2H2,1H3/b8-7+. The number of benzene rings is 1. The van der Waals surface area contributed by atoms with Crippen LogP contribution in [0.4, 0.5) is 0 Å². The molecular formula is C12H13IO3. The van der Waals surface area contributed by atoms with Crippen LogP contribution < -0.4 is 0 Å². The van der Waals surface area contributed by atoms with Gasteiger partial charge in [-0.2, -0.15) is 0 Å². The number of hydrogen-bond acceptors (Lipinski definition) is 3. The topological polar surface area (TPSA) is 46.5 Å². The molecule has 0 radical (unpaired) electrons. The number of aliphatic hydroxyl groups excluding tert-OH is 1. The van der Waals surface area contributed by atoms with Gasteiger partial charge in [-0.3, -0.25) is 0 Å². The molecule has 0 aliphatic carbocycles. The van der Waals surface area contributed by atoms with Crippen molar-refractivity contribution in [3.05, 3.63) is 45.6 Å². The van der Waals surface area contributed by atoms with Crippen LogP contribution in [0.5, 0.6) is 0 Å². The molecule has 4 heteroatoms. The van der Waals surface area contributed by atoms with Gasteiger partial charge >= 0.3 is 5.97 Å². The molecule has 1 rings (SSSR count). The summed E-state index contributed by atoms with van der Waals surface area (Å²) in [6.07, 6.45) is 1.88. The highest BCUT2D eigenvalue weighted by molar-refractivity contribution is 14.1. The molecule has 0 bridgehead atoms. The second kappa shape index (κ2) is 6.65. The number of hydrogen-bond donors (Lipinski definition) is 1. The molecule has 3 nitrogen and oxygen atoms in total. The Kier molecular flexibility index (Phi) is 5.48. The average Bonchev–Trinajstić information content (AvgIpc) is 2.27. The molecule has 0 spiro atoms. The molecule has 0 saturated heterocycles. The fourth-order valence-electron chi connectivity index (χ4n) is 1.13. The van der Waals surface area contributed by atoms with E-state index in [2.05, 4.69) is 22.6 Å². The number of carbonyl (C=O) groups excluding carboxylic acids is 1. The molecule has 0 amide bonds. The van der Waals surface area contributed by atoms with Crippen molar-refractivity contribution in [3.8, 4) is 0 Å². The second-order valence-corrected chi connectivity index (χ2v) is 4.35. The van der Waals surface area contributed by atoms with Gasteiger partial charge in [0.1, 0.15) is 0 Å². The summed E-state index contributed by atoms with van der Waals surface area (Å²) in [5, 5.41) is 9.73. The number of carbonyl (C=O) groups is 1. The molecule has 0 saturated carbocycles. The summed E-state index contributed by atoms with van der Waals surface area (Å²) in [5.74, 6) is -0.438. The first-order valence-corrected chi connectivity index (χ1v) is 6.00. The van der Waals surface area contributed by atoms with Crippen molar-refractivity contribution < 1.29 is 14.6 Å². The van der Waals surface area contributed by atoms with Gasteiger partial charge in [0, 0.05) is 9.65 Å². The molecule has 16 heavy (non-hydrogen) atoms. The van der Waals surface area contributed by atoms with Gasteiger partial charge in [0.15, 0.2) is 0 Å². The third-order valence-corrected chi connectivity index (χ3v) is 2.63. The molecule has 1 N–H and O–H groups in total. The van der Waals surface area contributed by atoms with Crippen molar-refractivity contribution >= 4 is 28.6 Å². The van der Waals surface area contributed by atoms with Crippen LogP contribution in [0.2, 0.25) is 0 Å². The van der Waals surface area contributed by atoms with Crippen LogP contribution in [0, 0.1) is 3.57 Å². The van der Waals surface area contributed by atoms with E-state index in [1.54, 1.807) is 6.92 Å². The summed E-state index contributed by atoms with van der Waals surface area (Å²) < 4.78 is 5.81. The Morgan fingerprint density at radius 3 is 2.69 bits per heavy atom. The Morgan fingerprint density at radius 1 is 1.50 bits per heavy atom. The van der Waals surface area contributed by atoms with Gasteiger partial charge in [-0.1, -0.05) is 12.1 Å². The minimum atomic E-state index is -0.776. The van der Waals surface area contributed by atoms with E-state index < -0.39 is 12.1 Å². The maximum atomic E-state index is 11.0. The maximum absolute atomic E-state index is 11.0. The predicted octanol–water partition coefficient (Wildman–Crippen LogP) is 2.44. The molecule has 0 heterocycles. The lowest BCUT2D eigenvalue weighted by molar-refractivity contribution is -0.137. The molecule has 0 aliphatic rings. The van der Waals surface area contributed by atoms with Crippen LogP contribution in [0.1, 0.15) is 18.6 Å². The Labute approximate surface area is 108 Å². The monoisotopic (exact) mass is 332 g/mol. The van der Waals surface area contributed by atoms with Gasteiger partial charge in [-0.15, -0.1) is 0 Å². The van der Waals surface area contributed by atoms with Gasteiger partial charge < -0.3 is 9.84 Å². The van der Waals surface area contributed by atoms with Gasteiger partial charge in [-0.05, 0) is 53.3 Å². The summed E-state index contributed by atoms with van der Waals surface area (Å²) >= 11 is 2.19. The number of esters is 1. The zero-order valence-electron chi connectivity index (χ0n) is 8.89. The Morgan fingerprint density at radius 2 is 2.12 bits per heavy atom. The highest BCUT2D eigenvalue weighted by atomic mass is 127. The van der Waals surface area contributed by atoms with Gasteiger partial charge in [-0.25, -0.2) is 4.79 Å². The van der Waals surface area contributed by atoms with E-state index in [4.69, 9.17) is 4.74 Å². The van der Waals surface area contributed by atoms with Crippen molar-refractivity contribution in [3.63, 3.8) is 0 Å². The zero-order chi connectivity index (χ0) is 12.0. The van der Waals surface area contributed by atoms with Crippen molar-refractivity contribution in [2.45, 2.75) is 13.0 Å². The molecule has 0 aromatic heterocycles. The molecule has 1 aromatic rings. The zero-order valence-corrected chi connectivity index (χ0v) is 11.0. The van der Waals surface area contributed by atoms with Crippen molar-refractivity contribution in [2.75, 3.05) is 6.61 Å². The fourth-order valence-corrected chi connectivity index (χ4v) is 1.49. The van der Waals surface area contributed by atoms with Crippen LogP contribution in [-0.2, 0) is 9.53 Å². The summed E-state index contributed by atoms with van der Waals surface area (Å²) in [7, 11) is 0. The van der Waals surface area contributed by atoms with Crippen molar-refractivity contribution in [2.24, 2.45) is 0 Å². The Balaban J connectivity index is 2.61. The van der Waals surface area contributed by atoms with E-state index in [0.29, 0.717) is 6.61 Å². The lowest BCUT2D eigenvalue weighted by Crippen LogP contribution is -2.01. The number of aliphatic hydroxyl groups is 1. The third-order valence-electron chi connectivity index (χ3n) is 1.91. The number of halogens is 1. The first-order chi connectivity index (χ1) is 7.63. The predicted molar refractivity (Wildman–Crippen MR) is 69.9 cm³/mol. The van der Waals surface area contributed by atoms with Crippen LogP contribution >= 0.6 is 22.6 Å². The van der Waals surface area contributed by atoms with Gasteiger partial charge in [0.25, 0.3) is 0 Å². The fraction of sp³-hybridized carbons (Fsp3) is 0.250.